The highest BCUT2D eigenvalue weighted by Crippen LogP contribution is 2.42. The Hall–Kier alpha value is -4.29. The van der Waals surface area contributed by atoms with Crippen molar-refractivity contribution in [3.05, 3.63) is 95.1 Å². The monoisotopic (exact) mass is 701 g/mol. The second kappa shape index (κ2) is 17.3. The van der Waals surface area contributed by atoms with Crippen molar-refractivity contribution in [2.45, 2.75) is 90.8 Å². The number of hydrogen-bond acceptors (Lipinski definition) is 9. The lowest BCUT2D eigenvalue weighted by molar-refractivity contribution is -0.276. The normalized spacial score (nSPS) is 22.3. The first-order chi connectivity index (χ1) is 24.4. The number of nitrogens with one attached hydrogen (secondary N) is 2. The van der Waals surface area contributed by atoms with E-state index in [1.165, 1.54) is 0 Å². The molecule has 0 spiro atoms. The molecule has 0 radical (unpaired) electrons. The molecule has 0 aromatic heterocycles. The smallest absolute Gasteiger partial charge is 0.325 e. The minimum atomic E-state index is -0.644. The maximum absolute atomic E-state index is 13.1. The van der Waals surface area contributed by atoms with E-state index >= 15 is 0 Å². The number of rotatable bonds is 12. The molecule has 274 valence electrons. The summed E-state index contributed by atoms with van der Waals surface area (Å²) in [5, 5.41) is 14.9. The van der Waals surface area contributed by atoms with Crippen molar-refractivity contribution in [3.63, 3.8) is 0 Å². The van der Waals surface area contributed by atoms with Crippen molar-refractivity contribution in [3.8, 4) is 11.1 Å². The van der Waals surface area contributed by atoms with Gasteiger partial charge >= 0.3 is 18.0 Å². The van der Waals surface area contributed by atoms with Gasteiger partial charge in [-0.3, -0.25) is 14.5 Å². The molecule has 51 heavy (non-hydrogen) atoms. The molecule has 0 aliphatic carbocycles. The summed E-state index contributed by atoms with van der Waals surface area (Å²) in [5.74, 6) is -0.707. The van der Waals surface area contributed by atoms with E-state index in [1.807, 2.05) is 93.6 Å². The van der Waals surface area contributed by atoms with Crippen molar-refractivity contribution < 1.29 is 38.4 Å². The van der Waals surface area contributed by atoms with Crippen LogP contribution in [0.4, 0.5) is 4.79 Å². The number of ether oxygens (including phenoxy) is 4. The Morgan fingerprint density at radius 2 is 1.65 bits per heavy atom. The van der Waals surface area contributed by atoms with Gasteiger partial charge in [0.15, 0.2) is 6.29 Å². The molecular formula is C40H51N3O8. The van der Waals surface area contributed by atoms with E-state index in [0.29, 0.717) is 6.54 Å². The maximum Gasteiger partial charge on any atom is 0.325 e. The zero-order chi connectivity index (χ0) is 36.5. The fourth-order valence-corrected chi connectivity index (χ4v) is 6.54. The van der Waals surface area contributed by atoms with Gasteiger partial charge in [0.2, 0.25) is 0 Å². The van der Waals surface area contributed by atoms with Crippen LogP contribution in [-0.4, -0.2) is 72.0 Å². The van der Waals surface area contributed by atoms with Gasteiger partial charge in [0.1, 0.15) is 18.2 Å². The highest BCUT2D eigenvalue weighted by atomic mass is 16.7. The first-order valence-corrected chi connectivity index (χ1v) is 17.8. The Labute approximate surface area is 300 Å². The van der Waals surface area contributed by atoms with Crippen LogP contribution in [0, 0.1) is 5.92 Å². The molecule has 2 amide bonds. The third-order valence-electron chi connectivity index (χ3n) is 9.18. The predicted molar refractivity (Wildman–Crippen MR) is 192 cm³/mol. The number of esters is 2. The van der Waals surface area contributed by atoms with E-state index < -0.39 is 23.9 Å². The quantitative estimate of drug-likeness (QED) is 0.200. The Kier molecular flexibility index (Phi) is 12.9. The Balaban J connectivity index is 1.30. The lowest BCUT2D eigenvalue weighted by atomic mass is 9.89. The summed E-state index contributed by atoms with van der Waals surface area (Å²) in [6.45, 7) is 11.2. The Morgan fingerprint density at radius 3 is 2.33 bits per heavy atom. The fraction of sp³-hybridized carbons (Fsp3) is 0.475. The van der Waals surface area contributed by atoms with Crippen LogP contribution < -0.4 is 10.6 Å². The average Bonchev–Trinajstić information content (AvgIpc) is 3.59. The van der Waals surface area contributed by atoms with Crippen LogP contribution >= 0.6 is 0 Å². The molecule has 5 unspecified atom stereocenters. The number of aliphatic hydroxyl groups excluding tert-OH is 1. The molecule has 0 saturated carbocycles. The number of hydrogen-bond donors (Lipinski definition) is 3. The molecule has 3 aromatic carbocycles. The number of carbonyl (C=O) groups excluding carboxylic acids is 3. The van der Waals surface area contributed by atoms with E-state index in [1.54, 1.807) is 6.92 Å². The van der Waals surface area contributed by atoms with E-state index in [-0.39, 0.29) is 56.4 Å². The zero-order valence-corrected chi connectivity index (χ0v) is 30.2. The average molecular weight is 702 g/mol. The van der Waals surface area contributed by atoms with Crippen molar-refractivity contribution in [1.82, 2.24) is 15.5 Å². The van der Waals surface area contributed by atoms with Gasteiger partial charge in [-0.2, -0.15) is 0 Å². The number of carbonyl (C=O) groups is 3. The number of likely N-dealkylation sites (tertiary alicyclic amines) is 1. The predicted octanol–water partition coefficient (Wildman–Crippen LogP) is 5.81. The largest absolute Gasteiger partial charge is 0.465 e. The van der Waals surface area contributed by atoms with Gasteiger partial charge in [0, 0.05) is 24.6 Å². The number of amides is 2. The molecule has 5 atom stereocenters. The second-order valence-electron chi connectivity index (χ2n) is 14.2. The molecule has 3 N–H and O–H groups in total. The number of aliphatic hydroxyl groups is 1. The maximum atomic E-state index is 13.1. The van der Waals surface area contributed by atoms with Crippen molar-refractivity contribution in [1.29, 1.82) is 0 Å². The minimum absolute atomic E-state index is 0.0241. The molecule has 3 aromatic rings. The molecular weight excluding hydrogens is 650 g/mol. The van der Waals surface area contributed by atoms with Crippen molar-refractivity contribution in [2.24, 2.45) is 5.92 Å². The second-order valence-corrected chi connectivity index (χ2v) is 14.2. The van der Waals surface area contributed by atoms with Gasteiger partial charge in [-0.05, 0) is 81.0 Å². The van der Waals surface area contributed by atoms with E-state index in [9.17, 15) is 19.5 Å². The summed E-state index contributed by atoms with van der Waals surface area (Å²) in [5.41, 5.74) is 5.01. The number of benzene rings is 3. The summed E-state index contributed by atoms with van der Waals surface area (Å²) in [7, 11) is 0. The molecule has 2 heterocycles. The third kappa shape index (κ3) is 10.4. The molecule has 2 aliphatic rings. The van der Waals surface area contributed by atoms with E-state index in [2.05, 4.69) is 22.5 Å². The van der Waals surface area contributed by atoms with Gasteiger partial charge in [-0.1, -0.05) is 73.7 Å². The van der Waals surface area contributed by atoms with Crippen molar-refractivity contribution >= 4 is 18.0 Å². The van der Waals surface area contributed by atoms with Crippen LogP contribution in [0.5, 0.6) is 0 Å². The van der Waals surface area contributed by atoms with Crippen LogP contribution in [0.15, 0.2) is 72.8 Å². The molecule has 2 aliphatic heterocycles. The number of urea groups is 1. The van der Waals surface area contributed by atoms with Crippen molar-refractivity contribution in [2.75, 3.05) is 26.2 Å². The van der Waals surface area contributed by atoms with E-state index in [0.717, 1.165) is 52.8 Å². The lowest BCUT2D eigenvalue weighted by Gasteiger charge is -2.43. The van der Waals surface area contributed by atoms with E-state index in [4.69, 9.17) is 18.9 Å². The first kappa shape index (κ1) is 38.0. The molecule has 2 saturated heterocycles. The highest BCUT2D eigenvalue weighted by molar-refractivity contribution is 5.80. The lowest BCUT2D eigenvalue weighted by Crippen LogP contribution is -2.48. The Morgan fingerprint density at radius 1 is 0.922 bits per heavy atom. The summed E-state index contributed by atoms with van der Waals surface area (Å²) in [6.07, 6.45) is 0.519. The molecule has 11 heteroatoms. The standard InChI is InChI=1S/C40H51N3O8/c1-6-48-35(45)23-42-39(47)41-22-28-9-7-10-32(21-28)29-16-18-31(19-17-29)38-49-34(24-43-20-8-11-33(43)37(46)51-40(3,4)5)26(2)36(50-38)30-14-12-27(25-44)13-15-30/h7,9-10,12-19,21,26,33-34,36,38,44H,6,8,11,20,22-25H2,1-5H3,(H2,41,42,47). The summed E-state index contributed by atoms with van der Waals surface area (Å²) < 4.78 is 24.0. The fourth-order valence-electron chi connectivity index (χ4n) is 6.54. The minimum Gasteiger partial charge on any atom is -0.465 e. The van der Waals surface area contributed by atoms with Gasteiger partial charge in [-0.25, -0.2) is 4.79 Å². The summed E-state index contributed by atoms with van der Waals surface area (Å²) in [4.78, 5) is 39.0. The summed E-state index contributed by atoms with van der Waals surface area (Å²) >= 11 is 0. The van der Waals surface area contributed by atoms with Crippen LogP contribution in [0.25, 0.3) is 11.1 Å². The zero-order valence-electron chi connectivity index (χ0n) is 30.2. The Bertz CT molecular complexity index is 1620. The first-order valence-electron chi connectivity index (χ1n) is 17.8. The highest BCUT2D eigenvalue weighted by Gasteiger charge is 2.42. The molecule has 11 nitrogen and oxygen atoms in total. The van der Waals surface area contributed by atoms with Gasteiger partial charge in [0.05, 0.1) is 25.4 Å². The topological polar surface area (TPSA) is 136 Å². The third-order valence-corrected chi connectivity index (χ3v) is 9.18. The number of nitrogens with zero attached hydrogens (tertiary/aromatic N) is 1. The molecule has 0 bridgehead atoms. The molecule has 5 rings (SSSR count). The van der Waals surface area contributed by atoms with Gasteiger partial charge < -0.3 is 34.7 Å². The van der Waals surface area contributed by atoms with Crippen LogP contribution in [0.3, 0.4) is 0 Å². The molecule has 2 fully saturated rings. The van der Waals surface area contributed by atoms with Gasteiger partial charge in [0.25, 0.3) is 0 Å². The summed E-state index contributed by atoms with van der Waals surface area (Å²) in [6, 6.07) is 23.0. The van der Waals surface area contributed by atoms with Crippen LogP contribution in [0.1, 0.15) is 82.1 Å². The van der Waals surface area contributed by atoms with Crippen LogP contribution in [0.2, 0.25) is 0 Å². The van der Waals surface area contributed by atoms with Gasteiger partial charge in [-0.15, -0.1) is 0 Å². The van der Waals surface area contributed by atoms with Crippen LogP contribution in [-0.2, 0) is 41.7 Å². The SMILES string of the molecule is CCOC(=O)CNC(=O)NCc1cccc(-c2ccc(C3OC(CN4CCCC4C(=O)OC(C)(C)C)C(C)C(c4ccc(CO)cc4)O3)cc2)c1.